The third kappa shape index (κ3) is 2.70. The Morgan fingerprint density at radius 3 is 2.72 bits per heavy atom. The number of hydrogen-bond acceptors (Lipinski definition) is 5. The minimum atomic E-state index is -1.18. The highest BCUT2D eigenvalue weighted by Crippen LogP contribution is 2.29. The van der Waals surface area contributed by atoms with Gasteiger partial charge in [0, 0.05) is 0 Å². The van der Waals surface area contributed by atoms with E-state index in [1.165, 1.54) is 6.07 Å². The van der Waals surface area contributed by atoms with Crippen LogP contribution in [0.25, 0.3) is 0 Å². The van der Waals surface area contributed by atoms with E-state index in [1.54, 1.807) is 6.07 Å². The first-order valence-electron chi connectivity index (χ1n) is 4.61. The van der Waals surface area contributed by atoms with Crippen molar-refractivity contribution in [3.63, 3.8) is 0 Å². The second-order valence-corrected chi connectivity index (χ2v) is 3.04. The zero-order valence-electron chi connectivity index (χ0n) is 9.29. The van der Waals surface area contributed by atoms with E-state index in [0.29, 0.717) is 0 Å². The number of rotatable bonds is 4. The molecule has 1 rings (SSSR count). The average Bonchev–Trinajstić information content (AvgIpc) is 2.34. The first-order valence-corrected chi connectivity index (χ1v) is 4.61. The van der Waals surface area contributed by atoms with E-state index >= 15 is 0 Å². The van der Waals surface area contributed by atoms with Crippen LogP contribution in [0, 0.1) is 28.4 Å². The maximum absolute atomic E-state index is 13.3. The predicted molar refractivity (Wildman–Crippen MR) is 61.5 cm³/mol. The van der Waals surface area contributed by atoms with Crippen LogP contribution in [-0.2, 0) is 0 Å². The van der Waals surface area contributed by atoms with Gasteiger partial charge in [0.25, 0.3) is 0 Å². The number of ether oxygens (including phenoxy) is 1. The van der Waals surface area contributed by atoms with E-state index in [4.69, 9.17) is 16.4 Å². The van der Waals surface area contributed by atoms with Crippen molar-refractivity contribution >= 4 is 17.2 Å². The van der Waals surface area contributed by atoms with Gasteiger partial charge in [-0.05, 0) is 12.1 Å². The van der Waals surface area contributed by atoms with Crippen molar-refractivity contribution in [1.29, 1.82) is 10.7 Å². The Kier molecular flexibility index (Phi) is 4.15. The Bertz CT molecular complexity index is 550. The van der Waals surface area contributed by atoms with Crippen molar-refractivity contribution in [2.75, 3.05) is 12.5 Å². The molecule has 0 atom stereocenters. The summed E-state index contributed by atoms with van der Waals surface area (Å²) in [5, 5.41) is 19.1. The normalized spacial score (nSPS) is 10.7. The van der Waals surface area contributed by atoms with Crippen molar-refractivity contribution in [3.05, 3.63) is 23.8 Å². The summed E-state index contributed by atoms with van der Waals surface area (Å²) in [5.41, 5.74) is 6.96. The highest BCUT2D eigenvalue weighted by atomic mass is 19.2. The number of anilines is 1. The Labute approximate surface area is 101 Å². The molecule has 0 saturated carbocycles. The SMILES string of the molecule is COc1c(N/N=C(\C#N)C(=N)N)ccc(F)c1F. The van der Waals surface area contributed by atoms with Crippen molar-refractivity contribution < 1.29 is 13.5 Å². The van der Waals surface area contributed by atoms with Gasteiger partial charge in [0.15, 0.2) is 17.4 Å². The zero-order valence-corrected chi connectivity index (χ0v) is 9.29. The molecule has 0 aliphatic rings. The summed E-state index contributed by atoms with van der Waals surface area (Å²) in [6, 6.07) is 3.61. The van der Waals surface area contributed by atoms with Gasteiger partial charge in [-0.1, -0.05) is 0 Å². The number of benzene rings is 1. The lowest BCUT2D eigenvalue weighted by molar-refractivity contribution is 0.373. The second-order valence-electron chi connectivity index (χ2n) is 3.04. The van der Waals surface area contributed by atoms with Crippen LogP contribution in [0.15, 0.2) is 17.2 Å². The number of amidine groups is 1. The number of nitrogens with two attached hydrogens (primary N) is 1. The van der Waals surface area contributed by atoms with Gasteiger partial charge < -0.3 is 10.5 Å². The fraction of sp³-hybridized carbons (Fsp3) is 0.100. The lowest BCUT2D eigenvalue weighted by Crippen LogP contribution is -2.22. The summed E-state index contributed by atoms with van der Waals surface area (Å²) in [6.45, 7) is 0. The molecule has 0 aliphatic carbocycles. The lowest BCUT2D eigenvalue weighted by Gasteiger charge is -2.09. The minimum Gasteiger partial charge on any atom is -0.491 e. The number of halogens is 2. The highest BCUT2D eigenvalue weighted by Gasteiger charge is 2.14. The van der Waals surface area contributed by atoms with Crippen LogP contribution in [0.5, 0.6) is 5.75 Å². The van der Waals surface area contributed by atoms with Crippen LogP contribution >= 0.6 is 0 Å². The molecule has 0 fully saturated rings. The smallest absolute Gasteiger partial charge is 0.202 e. The van der Waals surface area contributed by atoms with E-state index < -0.39 is 17.5 Å². The van der Waals surface area contributed by atoms with Crippen molar-refractivity contribution in [2.45, 2.75) is 0 Å². The number of nitriles is 1. The molecular formula is C10H9F2N5O. The average molecular weight is 253 g/mol. The zero-order chi connectivity index (χ0) is 13.7. The molecule has 0 saturated heterocycles. The first kappa shape index (κ1) is 13.4. The monoisotopic (exact) mass is 253 g/mol. The van der Waals surface area contributed by atoms with Gasteiger partial charge in [0.05, 0.1) is 7.11 Å². The van der Waals surface area contributed by atoms with E-state index in [9.17, 15) is 8.78 Å². The molecule has 1 aromatic carbocycles. The number of methoxy groups -OCH3 is 1. The summed E-state index contributed by atoms with van der Waals surface area (Å²) in [5.74, 6) is -3.20. The Balaban J connectivity index is 3.10. The molecule has 6 nitrogen and oxygen atoms in total. The van der Waals surface area contributed by atoms with Crippen LogP contribution < -0.4 is 15.9 Å². The molecule has 0 unspecified atom stereocenters. The number of hydrogen-bond donors (Lipinski definition) is 3. The van der Waals surface area contributed by atoms with Crippen LogP contribution in [0.3, 0.4) is 0 Å². The summed E-state index contributed by atoms with van der Waals surface area (Å²) in [4.78, 5) is 0. The summed E-state index contributed by atoms with van der Waals surface area (Å²) in [7, 11) is 1.16. The molecule has 94 valence electrons. The molecule has 1 aromatic rings. The van der Waals surface area contributed by atoms with Gasteiger partial charge in [-0.2, -0.15) is 14.8 Å². The van der Waals surface area contributed by atoms with Crippen LogP contribution in [-0.4, -0.2) is 18.7 Å². The van der Waals surface area contributed by atoms with E-state index in [-0.39, 0.29) is 17.1 Å². The fourth-order valence-electron chi connectivity index (χ4n) is 1.08. The maximum atomic E-state index is 13.3. The molecular weight excluding hydrogens is 244 g/mol. The van der Waals surface area contributed by atoms with Gasteiger partial charge in [0.2, 0.25) is 11.5 Å². The Morgan fingerprint density at radius 2 is 2.22 bits per heavy atom. The molecule has 0 aromatic heterocycles. The van der Waals surface area contributed by atoms with Gasteiger partial charge in [0.1, 0.15) is 11.8 Å². The van der Waals surface area contributed by atoms with Gasteiger partial charge in [-0.15, -0.1) is 0 Å². The summed E-state index contributed by atoms with van der Waals surface area (Å²) in [6.07, 6.45) is 0. The Hall–Kier alpha value is -2.69. The number of nitrogens with zero attached hydrogens (tertiary/aromatic N) is 2. The number of hydrazone groups is 1. The lowest BCUT2D eigenvalue weighted by atomic mass is 10.2. The standard InChI is InChI=1S/C10H9F2N5O/c1-18-9-6(3-2-5(11)8(9)12)16-17-7(4-13)10(14)15/h2-3,16H,1H3,(H3,14,15)/b17-7+. The highest BCUT2D eigenvalue weighted by molar-refractivity contribution is 6.45. The predicted octanol–water partition coefficient (Wildman–Crippen LogP) is 1.20. The Morgan fingerprint density at radius 1 is 1.56 bits per heavy atom. The molecule has 0 bridgehead atoms. The van der Waals surface area contributed by atoms with E-state index in [2.05, 4.69) is 15.3 Å². The third-order valence-electron chi connectivity index (χ3n) is 1.90. The fourth-order valence-corrected chi connectivity index (χ4v) is 1.08. The van der Waals surface area contributed by atoms with Gasteiger partial charge >= 0.3 is 0 Å². The topological polar surface area (TPSA) is 107 Å². The molecule has 0 aliphatic heterocycles. The molecule has 18 heavy (non-hydrogen) atoms. The molecule has 4 N–H and O–H groups in total. The van der Waals surface area contributed by atoms with Gasteiger partial charge in [-0.25, -0.2) is 4.39 Å². The molecule has 0 heterocycles. The van der Waals surface area contributed by atoms with Crippen LogP contribution in [0.4, 0.5) is 14.5 Å². The van der Waals surface area contributed by atoms with Crippen molar-refractivity contribution in [2.24, 2.45) is 10.8 Å². The van der Waals surface area contributed by atoms with Crippen LogP contribution in [0.1, 0.15) is 0 Å². The molecule has 8 heteroatoms. The first-order chi connectivity index (χ1) is 8.51. The summed E-state index contributed by atoms with van der Waals surface area (Å²) >= 11 is 0. The third-order valence-corrected chi connectivity index (χ3v) is 1.90. The molecule has 0 spiro atoms. The minimum absolute atomic E-state index is 0.00500. The van der Waals surface area contributed by atoms with E-state index in [0.717, 1.165) is 13.2 Å². The van der Waals surface area contributed by atoms with E-state index in [1.807, 2.05) is 0 Å². The van der Waals surface area contributed by atoms with Crippen LogP contribution in [0.2, 0.25) is 0 Å². The van der Waals surface area contributed by atoms with Gasteiger partial charge in [-0.3, -0.25) is 10.8 Å². The molecule has 0 radical (unpaired) electrons. The van der Waals surface area contributed by atoms with Crippen molar-refractivity contribution in [1.82, 2.24) is 0 Å². The quantitative estimate of drug-likeness (QED) is 0.425. The maximum Gasteiger partial charge on any atom is 0.202 e. The largest absolute Gasteiger partial charge is 0.491 e. The molecule has 0 amide bonds. The summed E-state index contributed by atoms with van der Waals surface area (Å²) < 4.78 is 30.9. The second kappa shape index (κ2) is 5.58. The van der Waals surface area contributed by atoms with Crippen molar-refractivity contribution in [3.8, 4) is 11.8 Å². The number of nitrogens with one attached hydrogen (secondary N) is 2.